The molecule has 0 atom stereocenters. The number of benzene rings is 1. The maximum Gasteiger partial charge on any atom is 0.417 e. The van der Waals surface area contributed by atoms with Gasteiger partial charge in [-0.1, -0.05) is 18.5 Å². The number of pyridine rings is 1. The first kappa shape index (κ1) is 22.5. The van der Waals surface area contributed by atoms with E-state index in [2.05, 4.69) is 10.3 Å². The highest BCUT2D eigenvalue weighted by molar-refractivity contribution is 6.31. The quantitative estimate of drug-likeness (QED) is 0.691. The summed E-state index contributed by atoms with van der Waals surface area (Å²) in [4.78, 5) is 27.5. The molecular weight excluding hydrogens is 411 g/mol. The summed E-state index contributed by atoms with van der Waals surface area (Å²) >= 11 is 5.59. The van der Waals surface area contributed by atoms with E-state index >= 15 is 0 Å². The maximum atomic E-state index is 12.9. The molecule has 0 saturated carbocycles. The molecule has 0 aliphatic carbocycles. The normalized spacial score (nSPS) is 11.2. The van der Waals surface area contributed by atoms with Crippen LogP contribution in [0.5, 0.6) is 5.75 Å². The van der Waals surface area contributed by atoms with Crippen molar-refractivity contribution in [2.45, 2.75) is 32.9 Å². The molecule has 2 rings (SSSR count). The van der Waals surface area contributed by atoms with E-state index in [1.165, 1.54) is 12.1 Å². The molecule has 10 heteroatoms. The third-order valence-corrected chi connectivity index (χ3v) is 4.35. The van der Waals surface area contributed by atoms with Crippen LogP contribution in [0.15, 0.2) is 24.3 Å². The van der Waals surface area contributed by atoms with Crippen molar-refractivity contribution in [2.24, 2.45) is 5.73 Å². The molecule has 2 aromatic rings. The maximum absolute atomic E-state index is 12.9. The Balaban J connectivity index is 2.22. The molecule has 0 unspecified atom stereocenters. The van der Waals surface area contributed by atoms with Gasteiger partial charge in [-0.25, -0.2) is 4.98 Å². The van der Waals surface area contributed by atoms with Crippen LogP contribution in [0.3, 0.4) is 0 Å². The van der Waals surface area contributed by atoms with Crippen molar-refractivity contribution >= 4 is 29.2 Å². The highest BCUT2D eigenvalue weighted by Gasteiger charge is 2.33. The van der Waals surface area contributed by atoms with Gasteiger partial charge in [0.15, 0.2) is 0 Å². The van der Waals surface area contributed by atoms with E-state index in [9.17, 15) is 22.8 Å². The summed E-state index contributed by atoms with van der Waals surface area (Å²) < 4.78 is 44.3. The zero-order valence-electron chi connectivity index (χ0n) is 15.7. The van der Waals surface area contributed by atoms with Crippen LogP contribution in [0.1, 0.15) is 40.5 Å². The molecule has 0 saturated heterocycles. The first-order valence-electron chi connectivity index (χ1n) is 8.62. The summed E-state index contributed by atoms with van der Waals surface area (Å²) in [5.74, 6) is -0.734. The second-order valence-corrected chi connectivity index (χ2v) is 6.54. The number of nitrogens with zero attached hydrogens (tertiary/aromatic N) is 1. The van der Waals surface area contributed by atoms with Gasteiger partial charge in [0.05, 0.1) is 28.5 Å². The Morgan fingerprint density at radius 3 is 2.55 bits per heavy atom. The molecule has 0 bridgehead atoms. The van der Waals surface area contributed by atoms with Crippen LogP contribution in [-0.2, 0) is 17.4 Å². The highest BCUT2D eigenvalue weighted by Crippen LogP contribution is 2.36. The number of aromatic nitrogens is 1. The number of anilines is 1. The summed E-state index contributed by atoms with van der Waals surface area (Å²) in [5, 5.41) is 2.20. The van der Waals surface area contributed by atoms with E-state index in [4.69, 9.17) is 22.1 Å². The third-order valence-electron chi connectivity index (χ3n) is 4.02. The Hall–Kier alpha value is -2.81. The minimum absolute atomic E-state index is 0.0175. The fourth-order valence-electron chi connectivity index (χ4n) is 2.51. The van der Waals surface area contributed by atoms with Crippen LogP contribution in [0.25, 0.3) is 0 Å². The molecule has 0 spiro atoms. The minimum atomic E-state index is -4.61. The lowest BCUT2D eigenvalue weighted by Crippen LogP contribution is -2.19. The second-order valence-electron chi connectivity index (χ2n) is 6.13. The Morgan fingerprint density at radius 1 is 1.28 bits per heavy atom. The number of hydrogen-bond donors (Lipinski definition) is 2. The first-order valence-corrected chi connectivity index (χ1v) is 9.00. The number of ether oxygens (including phenoxy) is 1. The number of halogens is 4. The number of aryl methyl sites for hydroxylation is 1. The fourth-order valence-corrected chi connectivity index (χ4v) is 2.73. The molecule has 1 heterocycles. The third kappa shape index (κ3) is 5.83. The summed E-state index contributed by atoms with van der Waals surface area (Å²) in [5.41, 5.74) is 5.33. The monoisotopic (exact) mass is 429 g/mol. The van der Waals surface area contributed by atoms with Gasteiger partial charge in [-0.15, -0.1) is 0 Å². The molecule has 156 valence electrons. The molecule has 0 aliphatic rings. The number of carbonyl (C=O) groups excluding carboxylic acids is 2. The van der Waals surface area contributed by atoms with Crippen molar-refractivity contribution in [3.8, 4) is 5.75 Å². The zero-order chi connectivity index (χ0) is 21.8. The van der Waals surface area contributed by atoms with Crippen molar-refractivity contribution in [3.63, 3.8) is 0 Å². The second kappa shape index (κ2) is 9.13. The van der Waals surface area contributed by atoms with Gasteiger partial charge < -0.3 is 15.8 Å². The zero-order valence-corrected chi connectivity index (χ0v) is 16.4. The Kier molecular flexibility index (Phi) is 7.07. The van der Waals surface area contributed by atoms with E-state index in [0.717, 1.165) is 12.1 Å². The van der Waals surface area contributed by atoms with Crippen LogP contribution in [-0.4, -0.2) is 23.4 Å². The number of nitrogens with two attached hydrogens (primary N) is 1. The Labute approximate surface area is 170 Å². The van der Waals surface area contributed by atoms with Gasteiger partial charge in [0.2, 0.25) is 5.91 Å². The van der Waals surface area contributed by atoms with Gasteiger partial charge in [-0.2, -0.15) is 13.2 Å². The Bertz CT molecular complexity index is 933. The molecule has 29 heavy (non-hydrogen) atoms. The molecule has 2 amide bonds. The number of amides is 2. The average Bonchev–Trinajstić information content (AvgIpc) is 2.63. The van der Waals surface area contributed by atoms with Crippen LogP contribution in [0.2, 0.25) is 5.02 Å². The molecule has 6 nitrogen and oxygen atoms in total. The lowest BCUT2D eigenvalue weighted by atomic mass is 10.1. The van der Waals surface area contributed by atoms with Crippen molar-refractivity contribution in [1.82, 2.24) is 4.98 Å². The summed E-state index contributed by atoms with van der Waals surface area (Å²) in [6.07, 6.45) is -4.22. The number of carbonyl (C=O) groups is 2. The van der Waals surface area contributed by atoms with Gasteiger partial charge in [0, 0.05) is 12.8 Å². The number of rotatable bonds is 7. The molecule has 1 aromatic heterocycles. The summed E-state index contributed by atoms with van der Waals surface area (Å²) in [7, 11) is 0. The largest absolute Gasteiger partial charge is 0.493 e. The lowest BCUT2D eigenvalue weighted by molar-refractivity contribution is -0.137. The lowest BCUT2D eigenvalue weighted by Gasteiger charge is -2.14. The van der Waals surface area contributed by atoms with Crippen molar-refractivity contribution in [3.05, 3.63) is 51.7 Å². The Morgan fingerprint density at radius 2 is 1.97 bits per heavy atom. The van der Waals surface area contributed by atoms with Gasteiger partial charge in [-0.05, 0) is 36.8 Å². The van der Waals surface area contributed by atoms with Gasteiger partial charge in [0.1, 0.15) is 11.6 Å². The van der Waals surface area contributed by atoms with E-state index in [-0.39, 0.29) is 42.5 Å². The fraction of sp³-hybridized carbons (Fsp3) is 0.316. The van der Waals surface area contributed by atoms with E-state index in [1.54, 1.807) is 13.8 Å². The van der Waals surface area contributed by atoms with E-state index < -0.39 is 22.7 Å². The molecule has 0 aliphatic heterocycles. The van der Waals surface area contributed by atoms with Crippen LogP contribution >= 0.6 is 11.6 Å². The summed E-state index contributed by atoms with van der Waals surface area (Å²) in [6, 6.07) is 4.72. The van der Waals surface area contributed by atoms with Crippen molar-refractivity contribution in [1.29, 1.82) is 0 Å². The van der Waals surface area contributed by atoms with Gasteiger partial charge in [0.25, 0.3) is 5.91 Å². The van der Waals surface area contributed by atoms with Gasteiger partial charge >= 0.3 is 6.18 Å². The summed E-state index contributed by atoms with van der Waals surface area (Å²) in [6.45, 7) is 3.22. The minimum Gasteiger partial charge on any atom is -0.493 e. The number of nitrogens with one attached hydrogen (secondary N) is 1. The smallest absolute Gasteiger partial charge is 0.417 e. The molecule has 3 N–H and O–H groups in total. The predicted molar refractivity (Wildman–Crippen MR) is 102 cm³/mol. The molecule has 0 fully saturated rings. The van der Waals surface area contributed by atoms with Crippen molar-refractivity contribution in [2.75, 3.05) is 11.9 Å². The number of alkyl halides is 3. The highest BCUT2D eigenvalue weighted by atomic mass is 35.5. The SMILES string of the molecule is CCC(=O)Nc1nc(C)c(C(N)=O)cc1CCOc1ccc(Cl)c(C(F)(F)F)c1. The van der Waals surface area contributed by atoms with Gasteiger partial charge in [-0.3, -0.25) is 9.59 Å². The van der Waals surface area contributed by atoms with E-state index in [0.29, 0.717) is 11.3 Å². The van der Waals surface area contributed by atoms with E-state index in [1.807, 2.05) is 0 Å². The molecular formula is C19H19ClF3N3O3. The van der Waals surface area contributed by atoms with Crippen LogP contribution in [0, 0.1) is 6.92 Å². The van der Waals surface area contributed by atoms with Crippen molar-refractivity contribution < 1.29 is 27.5 Å². The number of primary amides is 1. The predicted octanol–water partition coefficient (Wildman–Crippen LogP) is 4.13. The number of hydrogen-bond acceptors (Lipinski definition) is 4. The van der Waals surface area contributed by atoms with Crippen LogP contribution < -0.4 is 15.8 Å². The first-order chi connectivity index (χ1) is 13.5. The molecule has 0 radical (unpaired) electrons. The molecule has 1 aromatic carbocycles. The standard InChI is InChI=1S/C19H19ClF3N3O3/c1-3-16(27)26-18-11(8-13(17(24)28)10(2)25-18)6-7-29-12-4-5-15(20)14(9-12)19(21,22)23/h4-5,8-9H,3,6-7H2,1-2H3,(H2,24,28)(H,25,26,27). The van der Waals surface area contributed by atoms with Crippen LogP contribution in [0.4, 0.5) is 19.0 Å². The topological polar surface area (TPSA) is 94.3 Å². The average molecular weight is 430 g/mol.